The SMILES string of the molecule is CN1CCN=C1c1cc(Sc2cccc(Cl)c2C(N)=O)ccc1Oc1c(F)cnc(Oc2cc(C#N)ccc2O)c1F. The van der Waals surface area contributed by atoms with Gasteiger partial charge in [0.1, 0.15) is 11.6 Å². The zero-order valence-electron chi connectivity index (χ0n) is 21.8. The first-order valence-electron chi connectivity index (χ1n) is 12.2. The molecule has 2 heterocycles. The van der Waals surface area contributed by atoms with Gasteiger partial charge in [-0.2, -0.15) is 9.65 Å². The molecule has 0 unspecified atom stereocenters. The van der Waals surface area contributed by atoms with Crippen LogP contribution in [0.5, 0.6) is 28.9 Å². The minimum atomic E-state index is -1.27. The van der Waals surface area contributed by atoms with Crippen LogP contribution in [-0.2, 0) is 0 Å². The smallest absolute Gasteiger partial charge is 0.260 e. The van der Waals surface area contributed by atoms with E-state index in [1.54, 1.807) is 30.3 Å². The second-order valence-electron chi connectivity index (χ2n) is 8.92. The van der Waals surface area contributed by atoms with Gasteiger partial charge in [-0.05, 0) is 42.5 Å². The monoisotopic (exact) mass is 607 g/mol. The summed E-state index contributed by atoms with van der Waals surface area (Å²) in [5, 5.41) is 19.4. The van der Waals surface area contributed by atoms with Crippen molar-refractivity contribution in [1.82, 2.24) is 9.88 Å². The van der Waals surface area contributed by atoms with E-state index >= 15 is 4.39 Å². The molecule has 3 N–H and O–H groups in total. The van der Waals surface area contributed by atoms with E-state index in [0.717, 1.165) is 0 Å². The van der Waals surface area contributed by atoms with Crippen LogP contribution in [0.2, 0.25) is 5.02 Å². The summed E-state index contributed by atoms with van der Waals surface area (Å²) in [5.74, 6) is -4.56. The lowest BCUT2D eigenvalue weighted by Gasteiger charge is -2.19. The maximum absolute atomic E-state index is 15.5. The molecule has 1 amide bonds. The number of hydrogen-bond acceptors (Lipinski definition) is 9. The number of amides is 1. The number of primary amides is 1. The van der Waals surface area contributed by atoms with Crippen LogP contribution in [0.3, 0.4) is 0 Å². The standard InChI is InChI=1S/C29H20ClF2N5O4S/c1-37-10-9-35-28(37)17-12-16(42-23-4-2-3-18(30)24(23)27(34)39)6-8-21(17)40-26-19(31)14-36-29(25(26)32)41-22-11-15(13-33)5-7-20(22)38/h2-8,11-12,14,38H,9-10H2,1H3,(H2,34,39). The molecule has 0 bridgehead atoms. The third kappa shape index (κ3) is 5.79. The number of likely N-dealkylation sites (N-methyl/N-ethyl adjacent to an activating group) is 1. The van der Waals surface area contributed by atoms with Crippen molar-refractivity contribution in [2.24, 2.45) is 10.7 Å². The Balaban J connectivity index is 1.53. The Morgan fingerprint density at radius 1 is 1.17 bits per heavy atom. The zero-order chi connectivity index (χ0) is 30.0. The lowest BCUT2D eigenvalue weighted by molar-refractivity contribution is 0.0997. The van der Waals surface area contributed by atoms with E-state index in [2.05, 4.69) is 9.98 Å². The summed E-state index contributed by atoms with van der Waals surface area (Å²) in [4.78, 5) is 23.2. The number of nitrogens with two attached hydrogens (primary N) is 1. The second-order valence-corrected chi connectivity index (χ2v) is 10.4. The zero-order valence-corrected chi connectivity index (χ0v) is 23.3. The van der Waals surface area contributed by atoms with Crippen LogP contribution in [-0.4, -0.2) is 46.9 Å². The molecule has 1 aromatic heterocycles. The molecule has 3 aromatic carbocycles. The molecule has 1 aliphatic heterocycles. The summed E-state index contributed by atoms with van der Waals surface area (Å²) in [7, 11) is 1.82. The predicted octanol–water partition coefficient (Wildman–Crippen LogP) is 6.12. The summed E-state index contributed by atoms with van der Waals surface area (Å²) in [6, 6.07) is 15.4. The molecule has 42 heavy (non-hydrogen) atoms. The highest BCUT2D eigenvalue weighted by Gasteiger charge is 2.25. The number of phenols is 1. The van der Waals surface area contributed by atoms with Gasteiger partial charge in [-0.1, -0.05) is 29.4 Å². The average Bonchev–Trinajstić information content (AvgIpc) is 3.39. The van der Waals surface area contributed by atoms with Gasteiger partial charge in [0.05, 0.1) is 40.5 Å². The van der Waals surface area contributed by atoms with Gasteiger partial charge >= 0.3 is 0 Å². The molecule has 13 heteroatoms. The molecule has 0 aliphatic carbocycles. The highest BCUT2D eigenvalue weighted by atomic mass is 35.5. The Hall–Kier alpha value is -4.86. The van der Waals surface area contributed by atoms with Gasteiger partial charge in [-0.3, -0.25) is 9.79 Å². The third-order valence-electron chi connectivity index (χ3n) is 6.11. The van der Waals surface area contributed by atoms with Crippen molar-refractivity contribution in [2.75, 3.05) is 20.1 Å². The van der Waals surface area contributed by atoms with Gasteiger partial charge in [0.15, 0.2) is 17.3 Å². The van der Waals surface area contributed by atoms with Gasteiger partial charge in [-0.25, -0.2) is 9.37 Å². The van der Waals surface area contributed by atoms with Gasteiger partial charge in [-0.15, -0.1) is 0 Å². The fourth-order valence-electron chi connectivity index (χ4n) is 4.09. The van der Waals surface area contributed by atoms with E-state index in [0.29, 0.717) is 40.5 Å². The van der Waals surface area contributed by atoms with E-state index in [9.17, 15) is 14.3 Å². The molecule has 212 valence electrons. The number of nitriles is 1. The Morgan fingerprint density at radius 3 is 2.69 bits per heavy atom. The molecule has 0 spiro atoms. The van der Waals surface area contributed by atoms with Gasteiger partial charge in [0, 0.05) is 29.4 Å². The van der Waals surface area contributed by atoms with Crippen LogP contribution in [0.4, 0.5) is 8.78 Å². The minimum Gasteiger partial charge on any atom is -0.504 e. The Kier molecular flexibility index (Phi) is 8.15. The number of carbonyl (C=O) groups is 1. The largest absolute Gasteiger partial charge is 0.504 e. The van der Waals surface area contributed by atoms with Crippen LogP contribution >= 0.6 is 23.4 Å². The topological polar surface area (TPSA) is 134 Å². The second kappa shape index (κ2) is 11.9. The lowest BCUT2D eigenvalue weighted by atomic mass is 10.1. The molecule has 4 aromatic rings. The summed E-state index contributed by atoms with van der Waals surface area (Å²) >= 11 is 7.42. The third-order valence-corrected chi connectivity index (χ3v) is 7.47. The summed E-state index contributed by atoms with van der Waals surface area (Å²) in [6.07, 6.45) is 0.715. The molecule has 0 saturated carbocycles. The number of aromatic nitrogens is 1. The Labute approximate surface area is 247 Å². The van der Waals surface area contributed by atoms with Crippen molar-refractivity contribution in [2.45, 2.75) is 9.79 Å². The molecule has 5 rings (SSSR count). The number of phenolic OH excluding ortho intramolecular Hbond substituents is 1. The van der Waals surface area contributed by atoms with E-state index in [-0.39, 0.29) is 33.4 Å². The molecule has 0 fully saturated rings. The van der Waals surface area contributed by atoms with Crippen molar-refractivity contribution in [1.29, 1.82) is 5.26 Å². The van der Waals surface area contributed by atoms with Crippen LogP contribution in [0.25, 0.3) is 0 Å². The number of rotatable bonds is 8. The van der Waals surface area contributed by atoms with Crippen molar-refractivity contribution in [3.8, 4) is 34.9 Å². The Morgan fingerprint density at radius 2 is 1.98 bits per heavy atom. The van der Waals surface area contributed by atoms with Crippen LogP contribution in [0, 0.1) is 23.0 Å². The number of pyridine rings is 1. The highest BCUT2D eigenvalue weighted by molar-refractivity contribution is 7.99. The van der Waals surface area contributed by atoms with E-state index in [1.807, 2.05) is 18.0 Å². The summed E-state index contributed by atoms with van der Waals surface area (Å²) < 4.78 is 41.6. The lowest BCUT2D eigenvalue weighted by Crippen LogP contribution is -2.24. The van der Waals surface area contributed by atoms with Crippen molar-refractivity contribution in [3.05, 3.63) is 94.1 Å². The number of nitrogens with zero attached hydrogens (tertiary/aromatic N) is 4. The van der Waals surface area contributed by atoms with E-state index in [4.69, 9.17) is 32.1 Å². The van der Waals surface area contributed by atoms with Crippen LogP contribution in [0.15, 0.2) is 75.6 Å². The summed E-state index contributed by atoms with van der Waals surface area (Å²) in [6.45, 7) is 1.12. The van der Waals surface area contributed by atoms with E-state index in [1.165, 1.54) is 36.0 Å². The average molecular weight is 608 g/mol. The quantitative estimate of drug-likeness (QED) is 0.245. The van der Waals surface area contributed by atoms with Crippen molar-refractivity contribution < 1.29 is 28.2 Å². The van der Waals surface area contributed by atoms with Crippen LogP contribution in [0.1, 0.15) is 21.5 Å². The fourth-order valence-corrected chi connectivity index (χ4v) is 5.44. The van der Waals surface area contributed by atoms with E-state index < -0.39 is 29.2 Å². The number of carbonyl (C=O) groups excluding carboxylic acids is 1. The molecular weight excluding hydrogens is 588 g/mol. The minimum absolute atomic E-state index is 0.0809. The van der Waals surface area contributed by atoms with Crippen molar-refractivity contribution in [3.63, 3.8) is 0 Å². The summed E-state index contributed by atoms with van der Waals surface area (Å²) in [5.41, 5.74) is 6.28. The Bertz CT molecular complexity index is 1800. The van der Waals surface area contributed by atoms with Gasteiger partial charge in [0.2, 0.25) is 11.6 Å². The molecule has 1 aliphatic rings. The first-order chi connectivity index (χ1) is 20.2. The first kappa shape index (κ1) is 28.7. The molecule has 0 radical (unpaired) electrons. The maximum Gasteiger partial charge on any atom is 0.260 e. The molecule has 9 nitrogen and oxygen atoms in total. The number of benzene rings is 3. The predicted molar refractivity (Wildman–Crippen MR) is 152 cm³/mol. The number of aliphatic imine (C=N–C) groups is 1. The molecule has 0 atom stereocenters. The molecular formula is C29H20ClF2N5O4S. The number of hydrogen-bond donors (Lipinski definition) is 2. The van der Waals surface area contributed by atoms with Gasteiger partial charge in [0.25, 0.3) is 11.8 Å². The highest BCUT2D eigenvalue weighted by Crippen LogP contribution is 2.40. The number of ether oxygens (including phenoxy) is 2. The molecule has 0 saturated heterocycles. The normalized spacial score (nSPS) is 12.5. The number of amidine groups is 1. The van der Waals surface area contributed by atoms with Crippen molar-refractivity contribution >= 4 is 35.1 Å². The number of halogens is 3. The fraction of sp³-hybridized carbons (Fsp3) is 0.103. The number of aromatic hydroxyl groups is 1. The van der Waals surface area contributed by atoms with Crippen LogP contribution < -0.4 is 15.2 Å². The first-order valence-corrected chi connectivity index (χ1v) is 13.4. The maximum atomic E-state index is 15.5. The van der Waals surface area contributed by atoms with Gasteiger partial charge < -0.3 is 25.2 Å².